The van der Waals surface area contributed by atoms with Gasteiger partial charge in [0, 0.05) is 41.6 Å². The van der Waals surface area contributed by atoms with Gasteiger partial charge in [-0.25, -0.2) is 4.39 Å². The molecular formula is C32H34FN9O. The standard InChI is InChI=1S/C32H34FN9O/c1-32(2,3)18-37-29-22(13-35)14-36-28-21(12-34)10-24(11-26(28)29)38-30(27-17-42(40-39-27)25-7-8-25)19-5-4-6-20(9-19)31(43)41-15-23(33)16-41/h4-6,9-11,14,17,23,25,30,38-40H,7-8,15-16,18H2,1-3H3,(H,36,37)/t30-/m0/s1. The summed E-state index contributed by atoms with van der Waals surface area (Å²) in [5.74, 6) is -0.206. The van der Waals surface area contributed by atoms with E-state index < -0.39 is 12.2 Å². The lowest BCUT2D eigenvalue weighted by atomic mass is 9.96. The minimum Gasteiger partial charge on any atom is -0.383 e. The van der Waals surface area contributed by atoms with Crippen LogP contribution < -0.4 is 21.6 Å². The molecule has 3 aliphatic rings. The molecule has 0 spiro atoms. The number of hydrazine groups is 2. The van der Waals surface area contributed by atoms with Crippen LogP contribution in [0.5, 0.6) is 0 Å². The summed E-state index contributed by atoms with van der Waals surface area (Å²) < 4.78 is 13.5. The Labute approximate surface area is 250 Å². The zero-order valence-corrected chi connectivity index (χ0v) is 24.4. The van der Waals surface area contributed by atoms with Crippen LogP contribution in [-0.2, 0) is 0 Å². The number of aromatic nitrogens is 1. The number of carbonyl (C=O) groups excluding carboxylic acids is 1. The van der Waals surface area contributed by atoms with Crippen LogP contribution in [0, 0.1) is 28.1 Å². The maximum Gasteiger partial charge on any atom is 0.254 e. The SMILES string of the molecule is CC(C)(C)CNc1c(C#N)cnc2c(C#N)cc(N[C@H](C3=CN(C4CC4)NN3)c3cccc(C(=O)N4CC(F)C4)c3)cc12. The van der Waals surface area contributed by atoms with E-state index in [9.17, 15) is 19.7 Å². The van der Waals surface area contributed by atoms with Crippen molar-refractivity contribution >= 4 is 28.2 Å². The zero-order valence-electron chi connectivity index (χ0n) is 24.4. The number of anilines is 2. The molecule has 3 heterocycles. The predicted molar refractivity (Wildman–Crippen MR) is 162 cm³/mol. The van der Waals surface area contributed by atoms with Gasteiger partial charge in [0.1, 0.15) is 18.3 Å². The Morgan fingerprint density at radius 2 is 1.93 bits per heavy atom. The molecule has 1 saturated heterocycles. The molecular weight excluding hydrogens is 545 g/mol. The van der Waals surface area contributed by atoms with E-state index in [1.165, 1.54) is 11.1 Å². The van der Waals surface area contributed by atoms with E-state index in [0.717, 1.165) is 24.1 Å². The molecule has 2 fully saturated rings. The van der Waals surface area contributed by atoms with Crippen molar-refractivity contribution in [2.24, 2.45) is 5.41 Å². The van der Waals surface area contributed by atoms with E-state index in [-0.39, 0.29) is 24.4 Å². The third-order valence-electron chi connectivity index (χ3n) is 7.77. The lowest BCUT2D eigenvalue weighted by molar-refractivity contribution is 0.0400. The minimum atomic E-state index is -0.977. The quantitative estimate of drug-likeness (QED) is 0.300. The number of fused-ring (bicyclic) bond motifs is 1. The zero-order chi connectivity index (χ0) is 30.3. The van der Waals surface area contributed by atoms with Crippen LogP contribution in [0.3, 0.4) is 0 Å². The first-order valence-corrected chi connectivity index (χ1v) is 14.5. The van der Waals surface area contributed by atoms with Gasteiger partial charge in [0.25, 0.3) is 5.91 Å². The van der Waals surface area contributed by atoms with E-state index in [4.69, 9.17) is 0 Å². The van der Waals surface area contributed by atoms with Crippen LogP contribution in [0.25, 0.3) is 10.9 Å². The van der Waals surface area contributed by atoms with Crippen molar-refractivity contribution < 1.29 is 9.18 Å². The predicted octanol–water partition coefficient (Wildman–Crippen LogP) is 4.71. The molecule has 11 heteroatoms. The molecule has 2 aliphatic heterocycles. The topological polar surface area (TPSA) is 132 Å². The Bertz CT molecular complexity index is 1690. The molecule has 1 aliphatic carbocycles. The molecule has 43 heavy (non-hydrogen) atoms. The van der Waals surface area contributed by atoms with E-state index in [1.807, 2.05) is 35.5 Å². The van der Waals surface area contributed by atoms with Gasteiger partial charge < -0.3 is 21.0 Å². The van der Waals surface area contributed by atoms with Crippen molar-refractivity contribution in [3.63, 3.8) is 0 Å². The summed E-state index contributed by atoms with van der Waals surface area (Å²) in [7, 11) is 0. The average molecular weight is 580 g/mol. The van der Waals surface area contributed by atoms with Crippen LogP contribution in [0.1, 0.15) is 66.7 Å². The molecule has 4 N–H and O–H groups in total. The Morgan fingerprint density at radius 1 is 1.16 bits per heavy atom. The maximum atomic E-state index is 13.5. The molecule has 6 rings (SSSR count). The summed E-state index contributed by atoms with van der Waals surface area (Å²) >= 11 is 0. The van der Waals surface area contributed by atoms with Crippen LogP contribution in [0.2, 0.25) is 0 Å². The number of hydrogen-bond acceptors (Lipinski definition) is 9. The second-order valence-corrected chi connectivity index (χ2v) is 12.6. The number of pyridine rings is 1. The van der Waals surface area contributed by atoms with Crippen LogP contribution >= 0.6 is 0 Å². The number of amides is 1. The fourth-order valence-electron chi connectivity index (χ4n) is 5.27. The molecule has 220 valence electrons. The second-order valence-electron chi connectivity index (χ2n) is 12.6. The molecule has 3 aromatic rings. The summed E-state index contributed by atoms with van der Waals surface area (Å²) in [6.45, 7) is 7.14. The number of nitrogens with zero attached hydrogens (tertiary/aromatic N) is 5. The lowest BCUT2D eigenvalue weighted by Crippen LogP contribution is -2.51. The fourth-order valence-corrected chi connectivity index (χ4v) is 5.27. The molecule has 1 aromatic heterocycles. The van der Waals surface area contributed by atoms with E-state index >= 15 is 0 Å². The summed E-state index contributed by atoms with van der Waals surface area (Å²) in [6.07, 6.45) is 4.74. The van der Waals surface area contributed by atoms with Gasteiger partial charge in [-0.15, -0.1) is 5.53 Å². The summed E-state index contributed by atoms with van der Waals surface area (Å²) in [5, 5.41) is 29.7. The maximum absolute atomic E-state index is 13.5. The minimum absolute atomic E-state index is 0.0496. The Kier molecular flexibility index (Phi) is 7.28. The van der Waals surface area contributed by atoms with Gasteiger partial charge in [-0.1, -0.05) is 32.9 Å². The third kappa shape index (κ3) is 5.90. The monoisotopic (exact) mass is 579 g/mol. The Morgan fingerprint density at radius 3 is 2.60 bits per heavy atom. The molecule has 1 amide bonds. The summed E-state index contributed by atoms with van der Waals surface area (Å²) in [5.41, 5.74) is 11.1. The molecule has 10 nitrogen and oxygen atoms in total. The number of alkyl halides is 1. The second kappa shape index (κ2) is 11.1. The van der Waals surface area contributed by atoms with Crippen molar-refractivity contribution in [2.75, 3.05) is 30.3 Å². The fraction of sp³-hybridized carbons (Fsp3) is 0.375. The molecule has 0 radical (unpaired) electrons. The number of nitrogens with one attached hydrogen (secondary N) is 4. The Hall–Kier alpha value is -4.87. The largest absolute Gasteiger partial charge is 0.383 e. The van der Waals surface area contributed by atoms with Gasteiger partial charge in [0.2, 0.25) is 0 Å². The van der Waals surface area contributed by atoms with E-state index in [0.29, 0.717) is 51.6 Å². The van der Waals surface area contributed by atoms with Crippen molar-refractivity contribution in [1.29, 1.82) is 10.5 Å². The highest BCUT2D eigenvalue weighted by Crippen LogP contribution is 2.36. The summed E-state index contributed by atoms with van der Waals surface area (Å²) in [6, 6.07) is 15.5. The van der Waals surface area contributed by atoms with Crippen molar-refractivity contribution in [3.05, 3.63) is 76.7 Å². The van der Waals surface area contributed by atoms with E-state index in [1.54, 1.807) is 12.1 Å². The number of halogens is 1. The summed E-state index contributed by atoms with van der Waals surface area (Å²) in [4.78, 5) is 19.0. The molecule has 0 unspecified atom stereocenters. The molecule has 2 aromatic carbocycles. The highest BCUT2D eigenvalue weighted by molar-refractivity contribution is 5.99. The van der Waals surface area contributed by atoms with Crippen molar-refractivity contribution in [2.45, 2.75) is 51.9 Å². The van der Waals surface area contributed by atoms with Gasteiger partial charge in [0.05, 0.1) is 47.2 Å². The normalized spacial score (nSPS) is 17.4. The number of likely N-dealkylation sites (tertiary alicyclic amines) is 1. The number of carbonyl (C=O) groups is 1. The molecule has 1 saturated carbocycles. The highest BCUT2D eigenvalue weighted by atomic mass is 19.1. The molecule has 0 bridgehead atoms. The van der Waals surface area contributed by atoms with Crippen LogP contribution in [-0.4, -0.2) is 52.6 Å². The van der Waals surface area contributed by atoms with Crippen molar-refractivity contribution in [1.82, 2.24) is 25.9 Å². The number of rotatable bonds is 8. The van der Waals surface area contributed by atoms with Gasteiger partial charge in [0.15, 0.2) is 0 Å². The first-order valence-electron chi connectivity index (χ1n) is 14.5. The number of benzene rings is 2. The van der Waals surface area contributed by atoms with Crippen LogP contribution in [0.4, 0.5) is 15.8 Å². The van der Waals surface area contributed by atoms with Gasteiger partial charge in [-0.05, 0) is 48.1 Å². The molecule has 1 atom stereocenters. The van der Waals surface area contributed by atoms with Gasteiger partial charge >= 0.3 is 0 Å². The third-order valence-corrected chi connectivity index (χ3v) is 7.77. The van der Waals surface area contributed by atoms with Crippen molar-refractivity contribution in [3.8, 4) is 12.1 Å². The average Bonchev–Trinajstić information content (AvgIpc) is 3.72. The lowest BCUT2D eigenvalue weighted by Gasteiger charge is -2.34. The number of nitriles is 2. The smallest absolute Gasteiger partial charge is 0.254 e. The van der Waals surface area contributed by atoms with E-state index in [2.05, 4.69) is 59.5 Å². The Balaban J connectivity index is 1.41. The highest BCUT2D eigenvalue weighted by Gasteiger charge is 2.34. The first kappa shape index (κ1) is 28.3. The van der Waals surface area contributed by atoms with Gasteiger partial charge in [-0.3, -0.25) is 14.8 Å². The first-order chi connectivity index (χ1) is 20.6. The van der Waals surface area contributed by atoms with Gasteiger partial charge in [-0.2, -0.15) is 10.5 Å². The number of hydrogen-bond donors (Lipinski definition) is 4. The van der Waals surface area contributed by atoms with Crippen LogP contribution in [0.15, 0.2) is 54.5 Å².